The first kappa shape index (κ1) is 9.92. The maximum absolute atomic E-state index is 11.8. The van der Waals surface area contributed by atoms with Crippen LogP contribution in [-0.2, 0) is 6.54 Å². The average Bonchev–Trinajstić information content (AvgIpc) is 2.08. The molecule has 0 atom stereocenters. The van der Waals surface area contributed by atoms with Crippen LogP contribution in [0.5, 0.6) is 5.75 Å². The normalized spacial score (nSPS) is 10.5. The zero-order chi connectivity index (χ0) is 9.84. The van der Waals surface area contributed by atoms with Gasteiger partial charge in [-0.15, -0.1) is 0 Å². The van der Waals surface area contributed by atoms with E-state index >= 15 is 0 Å². The quantitative estimate of drug-likeness (QED) is 0.786. The van der Waals surface area contributed by atoms with E-state index < -0.39 is 6.61 Å². The highest BCUT2D eigenvalue weighted by molar-refractivity contribution is 5.36. The van der Waals surface area contributed by atoms with Crippen molar-refractivity contribution < 1.29 is 13.5 Å². The summed E-state index contributed by atoms with van der Waals surface area (Å²) in [5.74, 6) is 0.201. The van der Waals surface area contributed by atoms with E-state index in [4.69, 9.17) is 5.73 Å². The van der Waals surface area contributed by atoms with Gasteiger partial charge < -0.3 is 10.5 Å². The van der Waals surface area contributed by atoms with Gasteiger partial charge in [0.05, 0.1) is 0 Å². The van der Waals surface area contributed by atoms with Gasteiger partial charge in [-0.05, 0) is 24.1 Å². The van der Waals surface area contributed by atoms with Crippen molar-refractivity contribution in [3.63, 3.8) is 0 Å². The lowest BCUT2D eigenvalue weighted by Crippen LogP contribution is -2.04. The third kappa shape index (κ3) is 2.66. The number of rotatable bonds is 3. The van der Waals surface area contributed by atoms with E-state index in [1.807, 2.05) is 0 Å². The van der Waals surface area contributed by atoms with Crippen LogP contribution in [0.25, 0.3) is 0 Å². The van der Waals surface area contributed by atoms with Gasteiger partial charge in [0, 0.05) is 6.54 Å². The minimum atomic E-state index is -2.78. The summed E-state index contributed by atoms with van der Waals surface area (Å²) in [6.45, 7) is -0.672. The molecule has 1 aromatic carbocycles. The predicted octanol–water partition coefficient (Wildman–Crippen LogP) is 2.06. The summed E-state index contributed by atoms with van der Waals surface area (Å²) in [7, 11) is 0. The highest BCUT2D eigenvalue weighted by atomic mass is 19.3. The summed E-state index contributed by atoms with van der Waals surface area (Å²) in [6.07, 6.45) is 0. The van der Waals surface area contributed by atoms with E-state index in [0.717, 1.165) is 5.56 Å². The highest BCUT2D eigenvalue weighted by Gasteiger charge is 2.06. The van der Waals surface area contributed by atoms with Crippen LogP contribution in [0.2, 0.25) is 0 Å². The zero-order valence-corrected chi connectivity index (χ0v) is 7.26. The fraction of sp³-hybridized carbons (Fsp3) is 0.333. The molecule has 0 amide bonds. The molecular formula is C9H11F2NO. The van der Waals surface area contributed by atoms with Gasteiger partial charge >= 0.3 is 6.61 Å². The molecule has 0 spiro atoms. The third-order valence-electron chi connectivity index (χ3n) is 1.69. The van der Waals surface area contributed by atoms with Gasteiger partial charge in [0.25, 0.3) is 0 Å². The van der Waals surface area contributed by atoms with E-state index in [2.05, 4.69) is 4.74 Å². The van der Waals surface area contributed by atoms with Crippen molar-refractivity contribution in [1.82, 2.24) is 0 Å². The van der Waals surface area contributed by atoms with Gasteiger partial charge in [0.15, 0.2) is 0 Å². The van der Waals surface area contributed by atoms with E-state index in [1.165, 1.54) is 6.07 Å². The Morgan fingerprint density at radius 1 is 1.46 bits per heavy atom. The molecule has 0 saturated carbocycles. The van der Waals surface area contributed by atoms with Gasteiger partial charge in [-0.1, -0.05) is 12.1 Å². The lowest BCUT2D eigenvalue weighted by Gasteiger charge is -2.08. The number of aryl methyl sites for hydroxylation is 1. The number of hydrogen-bond donors (Lipinski definition) is 1. The van der Waals surface area contributed by atoms with E-state index in [1.54, 1.807) is 19.1 Å². The van der Waals surface area contributed by atoms with Crippen LogP contribution < -0.4 is 10.5 Å². The van der Waals surface area contributed by atoms with Crippen molar-refractivity contribution in [2.45, 2.75) is 20.1 Å². The molecule has 0 aliphatic heterocycles. The van der Waals surface area contributed by atoms with Crippen LogP contribution in [0, 0.1) is 6.92 Å². The number of ether oxygens (including phenoxy) is 1. The molecule has 2 nitrogen and oxygen atoms in total. The summed E-state index contributed by atoms with van der Waals surface area (Å²) >= 11 is 0. The van der Waals surface area contributed by atoms with E-state index in [-0.39, 0.29) is 5.75 Å². The lowest BCUT2D eigenvalue weighted by atomic mass is 10.1. The standard InChI is InChI=1S/C9H11F2NO/c1-6-4-7(5-12)2-3-8(6)13-9(10)11/h2-4,9H,5,12H2,1H3. The van der Waals surface area contributed by atoms with Crippen LogP contribution in [0.3, 0.4) is 0 Å². The van der Waals surface area contributed by atoms with Crippen molar-refractivity contribution in [2.24, 2.45) is 5.73 Å². The maximum Gasteiger partial charge on any atom is 0.387 e. The summed E-state index contributed by atoms with van der Waals surface area (Å²) in [4.78, 5) is 0. The first-order valence-corrected chi connectivity index (χ1v) is 3.88. The Morgan fingerprint density at radius 3 is 2.62 bits per heavy atom. The predicted molar refractivity (Wildman–Crippen MR) is 45.7 cm³/mol. The summed E-state index contributed by atoms with van der Waals surface area (Å²) in [5, 5.41) is 0. The molecule has 2 N–H and O–H groups in total. The molecule has 0 aliphatic carbocycles. The maximum atomic E-state index is 11.8. The van der Waals surface area contributed by atoms with Crippen molar-refractivity contribution >= 4 is 0 Å². The topological polar surface area (TPSA) is 35.2 Å². The average molecular weight is 187 g/mol. The first-order chi connectivity index (χ1) is 6.13. The van der Waals surface area contributed by atoms with Gasteiger partial charge in [-0.2, -0.15) is 8.78 Å². The number of nitrogens with two attached hydrogens (primary N) is 1. The van der Waals surface area contributed by atoms with Crippen LogP contribution in [0.15, 0.2) is 18.2 Å². The highest BCUT2D eigenvalue weighted by Crippen LogP contribution is 2.20. The number of hydrogen-bond acceptors (Lipinski definition) is 2. The lowest BCUT2D eigenvalue weighted by molar-refractivity contribution is -0.0503. The minimum Gasteiger partial charge on any atom is -0.435 e. The molecule has 4 heteroatoms. The van der Waals surface area contributed by atoms with Crippen LogP contribution in [0.4, 0.5) is 8.78 Å². The summed E-state index contributed by atoms with van der Waals surface area (Å²) < 4.78 is 27.9. The zero-order valence-electron chi connectivity index (χ0n) is 7.26. The molecular weight excluding hydrogens is 176 g/mol. The largest absolute Gasteiger partial charge is 0.435 e. The molecule has 0 unspecified atom stereocenters. The smallest absolute Gasteiger partial charge is 0.387 e. The van der Waals surface area contributed by atoms with Gasteiger partial charge in [-0.25, -0.2) is 0 Å². The van der Waals surface area contributed by atoms with Gasteiger partial charge in [-0.3, -0.25) is 0 Å². The molecule has 1 rings (SSSR count). The molecule has 0 aliphatic rings. The molecule has 13 heavy (non-hydrogen) atoms. The van der Waals surface area contributed by atoms with Crippen molar-refractivity contribution in [2.75, 3.05) is 0 Å². The second-order valence-corrected chi connectivity index (χ2v) is 2.68. The van der Waals surface area contributed by atoms with Gasteiger partial charge in [0.2, 0.25) is 0 Å². The Labute approximate surface area is 75.3 Å². The van der Waals surface area contributed by atoms with Crippen LogP contribution in [-0.4, -0.2) is 6.61 Å². The minimum absolute atomic E-state index is 0.201. The molecule has 0 heterocycles. The molecule has 0 bridgehead atoms. The third-order valence-corrected chi connectivity index (χ3v) is 1.69. The van der Waals surface area contributed by atoms with Gasteiger partial charge in [0.1, 0.15) is 5.75 Å². The second kappa shape index (κ2) is 4.18. The second-order valence-electron chi connectivity index (χ2n) is 2.68. The molecule has 1 aromatic rings. The monoisotopic (exact) mass is 187 g/mol. The van der Waals surface area contributed by atoms with Crippen LogP contribution >= 0.6 is 0 Å². The molecule has 72 valence electrons. The van der Waals surface area contributed by atoms with E-state index in [9.17, 15) is 8.78 Å². The molecule has 0 aromatic heterocycles. The Hall–Kier alpha value is -1.16. The number of halogens is 2. The fourth-order valence-corrected chi connectivity index (χ4v) is 1.07. The van der Waals surface area contributed by atoms with Crippen molar-refractivity contribution in [3.05, 3.63) is 29.3 Å². The SMILES string of the molecule is Cc1cc(CN)ccc1OC(F)F. The Balaban J connectivity index is 2.85. The first-order valence-electron chi connectivity index (χ1n) is 3.88. The fourth-order valence-electron chi connectivity index (χ4n) is 1.07. The Kier molecular flexibility index (Phi) is 3.19. The van der Waals surface area contributed by atoms with E-state index in [0.29, 0.717) is 12.1 Å². The van der Waals surface area contributed by atoms with Crippen molar-refractivity contribution in [1.29, 1.82) is 0 Å². The van der Waals surface area contributed by atoms with Crippen molar-refractivity contribution in [3.8, 4) is 5.75 Å². The summed E-state index contributed by atoms with van der Waals surface area (Å²) in [6, 6.07) is 4.91. The Bertz CT molecular complexity index is 289. The molecule has 0 fully saturated rings. The molecule has 0 saturated heterocycles. The van der Waals surface area contributed by atoms with Crippen LogP contribution in [0.1, 0.15) is 11.1 Å². The Morgan fingerprint density at radius 2 is 2.15 bits per heavy atom. The number of benzene rings is 1. The number of alkyl halides is 2. The molecule has 0 radical (unpaired) electrons. The summed E-state index contributed by atoms with van der Waals surface area (Å²) in [5.41, 5.74) is 6.95.